The molecule has 7 heteroatoms. The van der Waals surface area contributed by atoms with Crippen LogP contribution in [0.3, 0.4) is 0 Å². The number of nitrogens with one attached hydrogen (secondary N) is 1. The highest BCUT2D eigenvalue weighted by atomic mass is 32.1. The van der Waals surface area contributed by atoms with E-state index in [9.17, 15) is 9.59 Å². The van der Waals surface area contributed by atoms with Crippen molar-refractivity contribution in [2.24, 2.45) is 0 Å². The Bertz CT molecular complexity index is 425. The second kappa shape index (κ2) is 4.18. The molecule has 2 N–H and O–H groups in total. The van der Waals surface area contributed by atoms with Gasteiger partial charge in [0.05, 0.1) is 6.10 Å². The summed E-state index contributed by atoms with van der Waals surface area (Å²) in [6, 6.07) is 0. The molecule has 1 aromatic rings. The van der Waals surface area contributed by atoms with Crippen LogP contribution in [0.25, 0.3) is 0 Å². The van der Waals surface area contributed by atoms with Crippen molar-refractivity contribution in [2.45, 2.75) is 13.0 Å². The van der Waals surface area contributed by atoms with Gasteiger partial charge in [-0.1, -0.05) is 0 Å². The number of thiazole rings is 1. The molecule has 2 amide bonds. The topological polar surface area (TPSA) is 82.5 Å². The van der Waals surface area contributed by atoms with Crippen LogP contribution >= 0.6 is 11.3 Å². The molecule has 1 saturated heterocycles. The zero-order chi connectivity index (χ0) is 11.7. The number of aliphatic hydroxyl groups is 1. The zero-order valence-corrected chi connectivity index (χ0v) is 9.45. The summed E-state index contributed by atoms with van der Waals surface area (Å²) in [5.74, 6) is -0.425. The monoisotopic (exact) mass is 241 g/mol. The summed E-state index contributed by atoms with van der Waals surface area (Å²) >= 11 is 1.21. The number of likely N-dealkylation sites (tertiary alicyclic amines) is 1. The van der Waals surface area contributed by atoms with Gasteiger partial charge in [-0.05, 0) is 0 Å². The molecule has 0 aromatic carbocycles. The van der Waals surface area contributed by atoms with E-state index < -0.39 is 6.10 Å². The lowest BCUT2D eigenvalue weighted by atomic mass is 10.1. The number of carbonyl (C=O) groups is 2. The van der Waals surface area contributed by atoms with Gasteiger partial charge in [-0.3, -0.25) is 9.59 Å². The van der Waals surface area contributed by atoms with Crippen LogP contribution in [0, 0.1) is 0 Å². The van der Waals surface area contributed by atoms with E-state index in [0.29, 0.717) is 23.9 Å². The molecule has 1 aliphatic heterocycles. The first kappa shape index (κ1) is 11.0. The predicted octanol–water partition coefficient (Wildman–Crippen LogP) is -0.0818. The number of hydrogen-bond acceptors (Lipinski definition) is 5. The van der Waals surface area contributed by atoms with Crippen LogP contribution in [0.1, 0.15) is 17.4 Å². The molecule has 16 heavy (non-hydrogen) atoms. The molecular weight excluding hydrogens is 230 g/mol. The zero-order valence-electron chi connectivity index (χ0n) is 8.64. The van der Waals surface area contributed by atoms with Crippen LogP contribution in [0.5, 0.6) is 0 Å². The summed E-state index contributed by atoms with van der Waals surface area (Å²) in [4.78, 5) is 28.0. The first-order chi connectivity index (χ1) is 7.56. The molecule has 0 radical (unpaired) electrons. The summed E-state index contributed by atoms with van der Waals surface area (Å²) in [6.07, 6.45) is -0.419. The van der Waals surface area contributed by atoms with Gasteiger partial charge in [-0.2, -0.15) is 0 Å². The Kier molecular flexibility index (Phi) is 2.88. The molecule has 1 aliphatic rings. The van der Waals surface area contributed by atoms with Crippen LogP contribution < -0.4 is 5.32 Å². The van der Waals surface area contributed by atoms with E-state index >= 15 is 0 Å². The van der Waals surface area contributed by atoms with Gasteiger partial charge in [-0.15, -0.1) is 11.3 Å². The molecular formula is C9H11N3O3S. The molecule has 2 heterocycles. The Morgan fingerprint density at radius 3 is 2.88 bits per heavy atom. The Morgan fingerprint density at radius 2 is 2.31 bits per heavy atom. The first-order valence-corrected chi connectivity index (χ1v) is 5.64. The molecule has 1 fully saturated rings. The summed E-state index contributed by atoms with van der Waals surface area (Å²) in [6.45, 7) is 2.09. The molecule has 0 saturated carbocycles. The molecule has 6 nitrogen and oxygen atoms in total. The average Bonchev–Trinajstić information content (AvgIpc) is 2.59. The number of amides is 2. The van der Waals surface area contributed by atoms with E-state index in [0.717, 1.165) is 0 Å². The van der Waals surface area contributed by atoms with Crippen molar-refractivity contribution in [3.63, 3.8) is 0 Å². The fourth-order valence-corrected chi connectivity index (χ4v) is 2.09. The largest absolute Gasteiger partial charge is 0.389 e. The highest BCUT2D eigenvalue weighted by Crippen LogP contribution is 2.19. The Labute approximate surface area is 95.9 Å². The van der Waals surface area contributed by atoms with Crippen molar-refractivity contribution >= 4 is 28.3 Å². The van der Waals surface area contributed by atoms with Crippen molar-refractivity contribution in [1.82, 2.24) is 9.88 Å². The van der Waals surface area contributed by atoms with E-state index in [1.165, 1.54) is 23.2 Å². The number of anilines is 1. The van der Waals surface area contributed by atoms with Gasteiger partial charge in [0.2, 0.25) is 5.91 Å². The van der Waals surface area contributed by atoms with Crippen molar-refractivity contribution in [3.8, 4) is 0 Å². The lowest BCUT2D eigenvalue weighted by Gasteiger charge is -2.35. The highest BCUT2D eigenvalue weighted by molar-refractivity contribution is 7.14. The molecule has 1 aromatic heterocycles. The van der Waals surface area contributed by atoms with E-state index in [-0.39, 0.29) is 11.8 Å². The van der Waals surface area contributed by atoms with E-state index in [1.807, 2.05) is 0 Å². The lowest BCUT2D eigenvalue weighted by molar-refractivity contribution is -0.114. The van der Waals surface area contributed by atoms with Gasteiger partial charge in [0.1, 0.15) is 5.69 Å². The molecule has 0 atom stereocenters. The van der Waals surface area contributed by atoms with Crippen molar-refractivity contribution in [2.75, 3.05) is 18.4 Å². The fourth-order valence-electron chi connectivity index (χ4n) is 1.36. The molecule has 0 spiro atoms. The van der Waals surface area contributed by atoms with Crippen LogP contribution in [-0.2, 0) is 4.79 Å². The van der Waals surface area contributed by atoms with Crippen LogP contribution in [0.15, 0.2) is 5.38 Å². The minimum absolute atomic E-state index is 0.210. The van der Waals surface area contributed by atoms with Gasteiger partial charge < -0.3 is 15.3 Å². The number of carbonyl (C=O) groups excluding carboxylic acids is 2. The van der Waals surface area contributed by atoms with Gasteiger partial charge in [-0.25, -0.2) is 4.98 Å². The lowest BCUT2D eigenvalue weighted by Crippen LogP contribution is -2.53. The van der Waals surface area contributed by atoms with Crippen LogP contribution in [-0.4, -0.2) is 46.0 Å². The molecule has 0 aliphatic carbocycles. The van der Waals surface area contributed by atoms with Gasteiger partial charge in [0.15, 0.2) is 5.13 Å². The SMILES string of the molecule is CC(=O)Nc1nc(C(=O)N2CC(O)C2)cs1. The van der Waals surface area contributed by atoms with Crippen LogP contribution in [0.2, 0.25) is 0 Å². The number of aliphatic hydroxyl groups excluding tert-OH is 1. The maximum Gasteiger partial charge on any atom is 0.273 e. The Hall–Kier alpha value is -1.47. The molecule has 86 valence electrons. The van der Waals surface area contributed by atoms with E-state index in [2.05, 4.69) is 10.3 Å². The number of aromatic nitrogens is 1. The first-order valence-electron chi connectivity index (χ1n) is 4.76. The minimum Gasteiger partial charge on any atom is -0.389 e. The minimum atomic E-state index is -0.419. The van der Waals surface area contributed by atoms with Crippen LogP contribution in [0.4, 0.5) is 5.13 Å². The number of β-amino-alcohol motifs (C(OH)–C–C–N with tert-alkyl or cyclic N) is 1. The standard InChI is InChI=1S/C9H11N3O3S/c1-5(13)10-9-11-7(4-16-9)8(15)12-2-6(14)3-12/h4,6,14H,2-3H2,1H3,(H,10,11,13). The van der Waals surface area contributed by atoms with E-state index in [1.54, 1.807) is 5.38 Å². The second-order valence-electron chi connectivity index (χ2n) is 3.58. The Balaban J connectivity index is 2.01. The molecule has 2 rings (SSSR count). The Morgan fingerprint density at radius 1 is 1.62 bits per heavy atom. The fraction of sp³-hybridized carbons (Fsp3) is 0.444. The molecule has 0 bridgehead atoms. The summed E-state index contributed by atoms with van der Waals surface area (Å²) in [5, 5.41) is 13.6. The maximum absolute atomic E-state index is 11.7. The number of nitrogens with zero attached hydrogens (tertiary/aromatic N) is 2. The quantitative estimate of drug-likeness (QED) is 0.758. The van der Waals surface area contributed by atoms with Gasteiger partial charge >= 0.3 is 0 Å². The van der Waals surface area contributed by atoms with Crippen molar-refractivity contribution in [1.29, 1.82) is 0 Å². The maximum atomic E-state index is 11.7. The van der Waals surface area contributed by atoms with Gasteiger partial charge in [0.25, 0.3) is 5.91 Å². The van der Waals surface area contributed by atoms with Gasteiger partial charge in [0, 0.05) is 25.4 Å². The predicted molar refractivity (Wildman–Crippen MR) is 58.3 cm³/mol. The van der Waals surface area contributed by atoms with Crippen molar-refractivity contribution < 1.29 is 14.7 Å². The second-order valence-corrected chi connectivity index (χ2v) is 4.44. The third kappa shape index (κ3) is 2.20. The highest BCUT2D eigenvalue weighted by Gasteiger charge is 2.30. The third-order valence-corrected chi connectivity index (χ3v) is 2.91. The van der Waals surface area contributed by atoms with Crippen molar-refractivity contribution in [3.05, 3.63) is 11.1 Å². The average molecular weight is 241 g/mol. The normalized spacial score (nSPS) is 15.8. The molecule has 0 unspecified atom stereocenters. The number of hydrogen-bond donors (Lipinski definition) is 2. The third-order valence-electron chi connectivity index (χ3n) is 2.16. The smallest absolute Gasteiger partial charge is 0.273 e. The summed E-state index contributed by atoms with van der Waals surface area (Å²) in [7, 11) is 0. The summed E-state index contributed by atoms with van der Waals surface area (Å²) in [5.41, 5.74) is 0.306. The summed E-state index contributed by atoms with van der Waals surface area (Å²) < 4.78 is 0. The van der Waals surface area contributed by atoms with E-state index in [4.69, 9.17) is 5.11 Å². The number of rotatable bonds is 2.